The first-order valence-corrected chi connectivity index (χ1v) is 12.3. The number of hydrogen-bond acceptors (Lipinski definition) is 7. The second-order valence-corrected chi connectivity index (χ2v) is 10.5. The quantitative estimate of drug-likeness (QED) is 0.581. The molecular weight excluding hydrogens is 420 g/mol. The number of rotatable bonds is 8. The molecule has 1 amide bonds. The van der Waals surface area contributed by atoms with Crippen molar-refractivity contribution in [3.05, 3.63) is 23.8 Å². The van der Waals surface area contributed by atoms with Gasteiger partial charge in [0.05, 0.1) is 19.0 Å². The fourth-order valence-electron chi connectivity index (χ4n) is 3.07. The van der Waals surface area contributed by atoms with Gasteiger partial charge in [-0.15, -0.1) is 0 Å². The zero-order valence-corrected chi connectivity index (χ0v) is 20.0. The third kappa shape index (κ3) is 7.70. The van der Waals surface area contributed by atoms with Gasteiger partial charge in [0.2, 0.25) is 10.0 Å². The molecule has 0 aromatic heterocycles. The van der Waals surface area contributed by atoms with E-state index in [4.69, 9.17) is 15.2 Å². The van der Waals surface area contributed by atoms with Crippen LogP contribution in [0.2, 0.25) is 0 Å². The molecule has 174 valence electrons. The topological polar surface area (TPSA) is 123 Å². The maximum atomic E-state index is 13.0. The van der Waals surface area contributed by atoms with E-state index in [0.29, 0.717) is 23.7 Å². The van der Waals surface area contributed by atoms with Crippen molar-refractivity contribution in [2.75, 3.05) is 6.26 Å². The van der Waals surface area contributed by atoms with Crippen LogP contribution in [-0.4, -0.2) is 49.4 Å². The van der Waals surface area contributed by atoms with E-state index in [0.717, 1.165) is 24.7 Å². The van der Waals surface area contributed by atoms with E-state index in [1.165, 1.54) is 4.90 Å². The predicted octanol–water partition coefficient (Wildman–Crippen LogP) is 3.26. The Labute approximate surface area is 185 Å². The van der Waals surface area contributed by atoms with Crippen molar-refractivity contribution in [1.82, 2.24) is 9.62 Å². The van der Waals surface area contributed by atoms with Crippen LogP contribution >= 0.6 is 0 Å². The number of hydrogen-bond donors (Lipinski definition) is 2. The van der Waals surface area contributed by atoms with E-state index in [1.807, 2.05) is 19.9 Å². The van der Waals surface area contributed by atoms with Crippen LogP contribution < -0.4 is 15.2 Å². The van der Waals surface area contributed by atoms with Crippen LogP contribution in [0.3, 0.4) is 0 Å². The minimum Gasteiger partial charge on any atom is -0.481 e. The number of carbonyl (C=O) groups excluding carboxylic acids is 1. The molecule has 2 rings (SSSR count). The zero-order chi connectivity index (χ0) is 23.4. The largest absolute Gasteiger partial charge is 0.481 e. The van der Waals surface area contributed by atoms with E-state index >= 15 is 0 Å². The Balaban J connectivity index is 2.38. The van der Waals surface area contributed by atoms with E-state index in [-0.39, 0.29) is 12.6 Å². The molecule has 1 aliphatic rings. The van der Waals surface area contributed by atoms with Crippen LogP contribution in [0.15, 0.2) is 23.2 Å². The van der Waals surface area contributed by atoms with Crippen LogP contribution in [-0.2, 0) is 21.3 Å². The van der Waals surface area contributed by atoms with Crippen molar-refractivity contribution < 1.29 is 22.7 Å². The number of sulfonamides is 1. The van der Waals surface area contributed by atoms with Crippen LogP contribution in [0, 0.1) is 0 Å². The summed E-state index contributed by atoms with van der Waals surface area (Å²) < 4.78 is 37.9. The SMILES string of the molecule is CCCCC(NS(C)(=O)=O)N(Cc1ccc2c(c1)N=C(N)C(C)O2)C(=O)OC(C)(C)C. The Bertz CT molecular complexity index is 924. The number of nitrogens with two attached hydrogens (primary N) is 1. The standard InChI is InChI=1S/C21H34N4O5S/c1-7-8-9-18(24-31(6,27)28)25(20(26)30-21(3,4)5)13-15-10-11-17-16(12-15)23-19(22)14(2)29-17/h10-12,14,18,24H,7-9,13H2,1-6H3,(H2,22,23). The second kappa shape index (κ2) is 9.86. The van der Waals surface area contributed by atoms with Gasteiger partial charge in [-0.2, -0.15) is 4.72 Å². The molecule has 1 aliphatic heterocycles. The average Bonchev–Trinajstić information content (AvgIpc) is 2.62. The van der Waals surface area contributed by atoms with Gasteiger partial charge < -0.3 is 15.2 Å². The lowest BCUT2D eigenvalue weighted by Crippen LogP contribution is -2.51. The molecule has 0 fully saturated rings. The molecule has 0 bridgehead atoms. The maximum absolute atomic E-state index is 13.0. The molecule has 1 aromatic rings. The highest BCUT2D eigenvalue weighted by atomic mass is 32.2. The molecule has 9 nitrogen and oxygen atoms in total. The summed E-state index contributed by atoms with van der Waals surface area (Å²) in [4.78, 5) is 18.8. The third-order valence-electron chi connectivity index (χ3n) is 4.53. The number of nitrogens with zero attached hydrogens (tertiary/aromatic N) is 2. The van der Waals surface area contributed by atoms with Gasteiger partial charge in [0.25, 0.3) is 0 Å². The Hall–Kier alpha value is -2.33. The summed E-state index contributed by atoms with van der Waals surface area (Å²) in [6.45, 7) is 9.25. The summed E-state index contributed by atoms with van der Waals surface area (Å²) in [6, 6.07) is 5.37. The number of carbonyl (C=O) groups is 1. The maximum Gasteiger partial charge on any atom is 0.411 e. The molecule has 2 atom stereocenters. The van der Waals surface area contributed by atoms with Crippen LogP contribution in [0.1, 0.15) is 59.4 Å². The summed E-state index contributed by atoms with van der Waals surface area (Å²) in [5, 5.41) is 0. The fraction of sp³-hybridized carbons (Fsp3) is 0.619. The highest BCUT2D eigenvalue weighted by Gasteiger charge is 2.30. The van der Waals surface area contributed by atoms with Gasteiger partial charge >= 0.3 is 6.09 Å². The first-order chi connectivity index (χ1) is 14.3. The minimum absolute atomic E-state index is 0.129. The van der Waals surface area contributed by atoms with E-state index in [9.17, 15) is 13.2 Å². The molecule has 31 heavy (non-hydrogen) atoms. The number of amides is 1. The molecule has 0 radical (unpaired) electrons. The lowest BCUT2D eigenvalue weighted by molar-refractivity contribution is 0.0116. The third-order valence-corrected chi connectivity index (χ3v) is 5.23. The number of ether oxygens (including phenoxy) is 2. The predicted molar refractivity (Wildman–Crippen MR) is 121 cm³/mol. The second-order valence-electron chi connectivity index (χ2n) is 8.76. The zero-order valence-electron chi connectivity index (χ0n) is 19.1. The van der Waals surface area contributed by atoms with Gasteiger partial charge in [0, 0.05) is 0 Å². The molecule has 3 N–H and O–H groups in total. The van der Waals surface area contributed by atoms with E-state index < -0.39 is 27.9 Å². The van der Waals surface area contributed by atoms with Crippen molar-refractivity contribution in [3.63, 3.8) is 0 Å². The highest BCUT2D eigenvalue weighted by molar-refractivity contribution is 7.88. The molecular formula is C21H34N4O5S. The molecule has 2 unspecified atom stereocenters. The first kappa shape index (κ1) is 24.9. The molecule has 0 saturated carbocycles. The molecule has 1 heterocycles. The van der Waals surface area contributed by atoms with Crippen molar-refractivity contribution in [3.8, 4) is 5.75 Å². The number of nitrogens with one attached hydrogen (secondary N) is 1. The number of fused-ring (bicyclic) bond motifs is 1. The number of benzene rings is 1. The smallest absolute Gasteiger partial charge is 0.411 e. The van der Waals surface area contributed by atoms with Gasteiger partial charge in [-0.25, -0.2) is 18.2 Å². The molecule has 10 heteroatoms. The highest BCUT2D eigenvalue weighted by Crippen LogP contribution is 2.33. The van der Waals surface area contributed by atoms with Crippen LogP contribution in [0.4, 0.5) is 10.5 Å². The lowest BCUT2D eigenvalue weighted by Gasteiger charge is -2.34. The molecule has 0 saturated heterocycles. The first-order valence-electron chi connectivity index (χ1n) is 10.4. The Morgan fingerprint density at radius 1 is 1.39 bits per heavy atom. The summed E-state index contributed by atoms with van der Waals surface area (Å²) in [5.41, 5.74) is 6.48. The lowest BCUT2D eigenvalue weighted by atomic mass is 10.1. The van der Waals surface area contributed by atoms with Gasteiger partial charge in [-0.1, -0.05) is 25.8 Å². The number of amidine groups is 1. The van der Waals surface area contributed by atoms with Crippen molar-refractivity contribution in [2.45, 2.75) is 78.3 Å². The average molecular weight is 455 g/mol. The molecule has 0 aliphatic carbocycles. The molecule has 0 spiro atoms. The Morgan fingerprint density at radius 3 is 2.65 bits per heavy atom. The Kier molecular flexibility index (Phi) is 7.93. The number of aliphatic imine (C=N–C) groups is 1. The van der Waals surface area contributed by atoms with Crippen LogP contribution in [0.25, 0.3) is 0 Å². The van der Waals surface area contributed by atoms with Crippen molar-refractivity contribution in [1.29, 1.82) is 0 Å². The summed E-state index contributed by atoms with van der Waals surface area (Å²) in [6.07, 6.45) is 1.47. The van der Waals surface area contributed by atoms with Gasteiger partial charge in [0.1, 0.15) is 22.9 Å². The van der Waals surface area contributed by atoms with E-state index in [1.54, 1.807) is 32.9 Å². The van der Waals surface area contributed by atoms with Gasteiger partial charge in [0.15, 0.2) is 6.10 Å². The molecule has 1 aromatic carbocycles. The summed E-state index contributed by atoms with van der Waals surface area (Å²) in [7, 11) is -3.55. The van der Waals surface area contributed by atoms with Gasteiger partial charge in [-0.05, 0) is 51.8 Å². The Morgan fingerprint density at radius 2 is 2.06 bits per heavy atom. The summed E-state index contributed by atoms with van der Waals surface area (Å²) in [5.74, 6) is 0.972. The summed E-state index contributed by atoms with van der Waals surface area (Å²) >= 11 is 0. The van der Waals surface area contributed by atoms with Crippen LogP contribution in [0.5, 0.6) is 5.75 Å². The number of unbranched alkanes of at least 4 members (excludes halogenated alkanes) is 1. The van der Waals surface area contributed by atoms with Crippen molar-refractivity contribution >= 4 is 27.6 Å². The fourth-order valence-corrected chi connectivity index (χ4v) is 3.81. The van der Waals surface area contributed by atoms with E-state index in [2.05, 4.69) is 9.71 Å². The minimum atomic E-state index is -3.55. The monoisotopic (exact) mass is 454 g/mol. The van der Waals surface area contributed by atoms with Crippen molar-refractivity contribution in [2.24, 2.45) is 10.7 Å². The normalized spacial score (nSPS) is 17.2. The van der Waals surface area contributed by atoms with Gasteiger partial charge in [-0.3, -0.25) is 4.90 Å².